The molecule has 0 amide bonds. The van der Waals surface area contributed by atoms with Crippen molar-refractivity contribution in [2.75, 3.05) is 0 Å². The van der Waals surface area contributed by atoms with E-state index in [-0.39, 0.29) is 0 Å². The third kappa shape index (κ3) is 3.28. The summed E-state index contributed by atoms with van der Waals surface area (Å²) in [4.78, 5) is 0. The van der Waals surface area contributed by atoms with Crippen LogP contribution in [0.2, 0.25) is 0 Å². The number of rotatable bonds is 2. The fourth-order valence-electron chi connectivity index (χ4n) is 7.65. The standard InChI is InChI=1S/C42H26O/c1-2-9-30-23-38-37(21-29(30)8-1)42-36(22-31(24-39(42)43-38)33-14-6-10-25-7-3-4-13-32(25)33)34-19-17-28-16-15-26-11-5-12-27-18-20-35(34)41(28)40(26)27/h2-7,9-24H,1,8H2. The number of benzene rings is 8. The minimum atomic E-state index is 0.937. The van der Waals surface area contributed by atoms with Gasteiger partial charge in [-0.15, -0.1) is 0 Å². The highest BCUT2D eigenvalue weighted by molar-refractivity contribution is 6.27. The Labute approximate surface area is 248 Å². The van der Waals surface area contributed by atoms with E-state index in [1.807, 2.05) is 0 Å². The normalized spacial score (nSPS) is 13.3. The molecule has 8 aromatic carbocycles. The third-order valence-electron chi connectivity index (χ3n) is 9.63. The summed E-state index contributed by atoms with van der Waals surface area (Å²) in [6.07, 6.45) is 6.67. The molecule has 0 fully saturated rings. The Balaban J connectivity index is 1.36. The zero-order valence-electron chi connectivity index (χ0n) is 23.5. The van der Waals surface area contributed by atoms with Crippen LogP contribution < -0.4 is 0 Å². The van der Waals surface area contributed by atoms with E-state index < -0.39 is 0 Å². The summed E-state index contributed by atoms with van der Waals surface area (Å²) in [7, 11) is 0. The van der Waals surface area contributed by atoms with Crippen molar-refractivity contribution in [3.63, 3.8) is 0 Å². The Morgan fingerprint density at radius 3 is 2.16 bits per heavy atom. The van der Waals surface area contributed by atoms with Gasteiger partial charge >= 0.3 is 0 Å². The Morgan fingerprint density at radius 2 is 1.23 bits per heavy atom. The van der Waals surface area contributed by atoms with Crippen LogP contribution >= 0.6 is 0 Å². The van der Waals surface area contributed by atoms with Gasteiger partial charge in [0.2, 0.25) is 0 Å². The van der Waals surface area contributed by atoms with Gasteiger partial charge in [-0.2, -0.15) is 0 Å². The second kappa shape index (κ2) is 8.56. The van der Waals surface area contributed by atoms with Crippen molar-refractivity contribution in [2.24, 2.45) is 0 Å². The highest BCUT2D eigenvalue weighted by atomic mass is 16.3. The van der Waals surface area contributed by atoms with E-state index in [4.69, 9.17) is 4.42 Å². The van der Waals surface area contributed by atoms with Gasteiger partial charge in [0, 0.05) is 10.8 Å². The maximum Gasteiger partial charge on any atom is 0.136 e. The molecule has 0 bridgehead atoms. The first-order valence-corrected chi connectivity index (χ1v) is 15.1. The van der Waals surface area contributed by atoms with Gasteiger partial charge in [0.15, 0.2) is 0 Å². The van der Waals surface area contributed by atoms with Crippen LogP contribution in [0.25, 0.3) is 93.4 Å². The van der Waals surface area contributed by atoms with E-state index in [9.17, 15) is 0 Å². The van der Waals surface area contributed by atoms with Gasteiger partial charge in [-0.05, 0) is 114 Å². The molecule has 200 valence electrons. The minimum absolute atomic E-state index is 0.937. The quantitative estimate of drug-likeness (QED) is 0.197. The van der Waals surface area contributed by atoms with Crippen molar-refractivity contribution in [1.29, 1.82) is 0 Å². The van der Waals surface area contributed by atoms with E-state index in [2.05, 4.69) is 133 Å². The lowest BCUT2D eigenvalue weighted by atomic mass is 9.86. The maximum atomic E-state index is 6.75. The molecule has 0 aliphatic heterocycles. The molecule has 1 aromatic heterocycles. The first-order chi connectivity index (χ1) is 21.3. The highest BCUT2D eigenvalue weighted by Crippen LogP contribution is 2.46. The van der Waals surface area contributed by atoms with Gasteiger partial charge in [0.25, 0.3) is 0 Å². The van der Waals surface area contributed by atoms with Crippen molar-refractivity contribution < 1.29 is 4.42 Å². The zero-order valence-corrected chi connectivity index (χ0v) is 23.5. The van der Waals surface area contributed by atoms with Gasteiger partial charge in [0.1, 0.15) is 11.2 Å². The molecule has 1 aliphatic rings. The molecule has 1 aliphatic carbocycles. The molecule has 1 heterocycles. The molecule has 0 atom stereocenters. The molecule has 0 saturated carbocycles. The predicted molar refractivity (Wildman–Crippen MR) is 183 cm³/mol. The van der Waals surface area contributed by atoms with E-state index >= 15 is 0 Å². The lowest BCUT2D eigenvalue weighted by molar-refractivity contribution is 0.669. The molecule has 43 heavy (non-hydrogen) atoms. The van der Waals surface area contributed by atoms with Crippen LogP contribution in [0.5, 0.6) is 0 Å². The van der Waals surface area contributed by atoms with Gasteiger partial charge < -0.3 is 4.42 Å². The predicted octanol–water partition coefficient (Wildman–Crippen LogP) is 11.9. The van der Waals surface area contributed by atoms with Crippen molar-refractivity contribution in [1.82, 2.24) is 0 Å². The van der Waals surface area contributed by atoms with Crippen molar-refractivity contribution in [2.45, 2.75) is 12.8 Å². The van der Waals surface area contributed by atoms with Gasteiger partial charge in [0.05, 0.1) is 0 Å². The SMILES string of the molecule is C1=Cc2cc3oc4cc(-c5cccc6ccccc56)cc(-c5ccc6ccc7cccc8ccc5c6c78)c4c3cc2CC1. The van der Waals surface area contributed by atoms with Crippen LogP contribution in [0, 0.1) is 0 Å². The number of fused-ring (bicyclic) bond motifs is 5. The largest absolute Gasteiger partial charge is 0.456 e. The molecule has 0 unspecified atom stereocenters. The topological polar surface area (TPSA) is 13.1 Å². The van der Waals surface area contributed by atoms with Crippen LogP contribution in [0.1, 0.15) is 17.5 Å². The van der Waals surface area contributed by atoms with E-state index in [1.165, 1.54) is 87.2 Å². The van der Waals surface area contributed by atoms with Crippen molar-refractivity contribution >= 4 is 71.1 Å². The lowest BCUT2D eigenvalue weighted by Crippen LogP contribution is -1.93. The summed E-state index contributed by atoms with van der Waals surface area (Å²) in [5.74, 6) is 0. The minimum Gasteiger partial charge on any atom is -0.456 e. The monoisotopic (exact) mass is 546 g/mol. The molecular weight excluding hydrogens is 520 g/mol. The van der Waals surface area contributed by atoms with Crippen molar-refractivity contribution in [3.8, 4) is 22.3 Å². The van der Waals surface area contributed by atoms with E-state index in [1.54, 1.807) is 0 Å². The van der Waals surface area contributed by atoms with Crippen LogP contribution in [-0.4, -0.2) is 0 Å². The number of allylic oxidation sites excluding steroid dienone is 1. The summed E-state index contributed by atoms with van der Waals surface area (Å²) in [6.45, 7) is 0. The smallest absolute Gasteiger partial charge is 0.136 e. The lowest BCUT2D eigenvalue weighted by Gasteiger charge is -2.16. The summed E-state index contributed by atoms with van der Waals surface area (Å²) >= 11 is 0. The molecular formula is C42H26O. The summed E-state index contributed by atoms with van der Waals surface area (Å²) in [5, 5.41) is 12.7. The third-order valence-corrected chi connectivity index (χ3v) is 9.63. The number of hydrogen-bond donors (Lipinski definition) is 0. The second-order valence-corrected chi connectivity index (χ2v) is 12.0. The summed E-state index contributed by atoms with van der Waals surface area (Å²) in [5.41, 5.74) is 9.44. The average molecular weight is 547 g/mol. The Hall–Kier alpha value is -5.40. The number of furan rings is 1. The first kappa shape index (κ1) is 23.2. The number of hydrogen-bond acceptors (Lipinski definition) is 1. The molecule has 1 nitrogen and oxygen atoms in total. The molecule has 9 aromatic rings. The van der Waals surface area contributed by atoms with Crippen LogP contribution in [-0.2, 0) is 6.42 Å². The summed E-state index contributed by atoms with van der Waals surface area (Å²) in [6, 6.07) is 44.9. The van der Waals surface area contributed by atoms with Crippen LogP contribution in [0.4, 0.5) is 0 Å². The summed E-state index contributed by atoms with van der Waals surface area (Å²) < 4.78 is 6.75. The molecule has 0 radical (unpaired) electrons. The van der Waals surface area contributed by atoms with E-state index in [0.29, 0.717) is 0 Å². The van der Waals surface area contributed by atoms with E-state index in [0.717, 1.165) is 24.0 Å². The Morgan fingerprint density at radius 1 is 0.465 bits per heavy atom. The van der Waals surface area contributed by atoms with Crippen molar-refractivity contribution in [3.05, 3.63) is 139 Å². The maximum absolute atomic E-state index is 6.75. The first-order valence-electron chi connectivity index (χ1n) is 15.1. The van der Waals surface area contributed by atoms with Gasteiger partial charge in [-0.3, -0.25) is 0 Å². The van der Waals surface area contributed by atoms with Crippen LogP contribution in [0.15, 0.2) is 132 Å². The van der Waals surface area contributed by atoms with Gasteiger partial charge in [-0.25, -0.2) is 0 Å². The molecule has 1 heteroatoms. The molecule has 10 rings (SSSR count). The molecule has 0 N–H and O–H groups in total. The zero-order chi connectivity index (χ0) is 28.1. The second-order valence-electron chi connectivity index (χ2n) is 12.0. The molecule has 0 spiro atoms. The fourth-order valence-corrected chi connectivity index (χ4v) is 7.65. The fraction of sp³-hybridized carbons (Fsp3) is 0.0476. The van der Waals surface area contributed by atoms with Gasteiger partial charge in [-0.1, -0.05) is 109 Å². The van der Waals surface area contributed by atoms with Crippen LogP contribution in [0.3, 0.4) is 0 Å². The average Bonchev–Trinajstić information content (AvgIpc) is 3.42. The Kier molecular flexibility index (Phi) is 4.62. The molecule has 0 saturated heterocycles. The Bertz CT molecular complexity index is 2590. The number of aryl methyl sites for hydroxylation is 1. The highest BCUT2D eigenvalue weighted by Gasteiger charge is 2.20.